The Morgan fingerprint density at radius 2 is 1.95 bits per heavy atom. The Balaban J connectivity index is 2.49. The molecule has 0 bridgehead atoms. The highest BCUT2D eigenvalue weighted by Gasteiger charge is 2.02. The Bertz CT molecular complexity index is 401. The van der Waals surface area contributed by atoms with Gasteiger partial charge in [-0.25, -0.2) is 0 Å². The molecule has 2 N–H and O–H groups in total. The minimum atomic E-state index is 0.439. The summed E-state index contributed by atoms with van der Waals surface area (Å²) < 4.78 is 5.15. The van der Waals surface area contributed by atoms with Crippen LogP contribution in [0, 0.1) is 0 Å². The lowest BCUT2D eigenvalue weighted by atomic mass is 10.1. The number of methoxy groups -OCH3 is 1. The second kappa shape index (κ2) is 9.23. The molecule has 0 aliphatic carbocycles. The van der Waals surface area contributed by atoms with E-state index in [-0.39, 0.29) is 0 Å². The summed E-state index contributed by atoms with van der Waals surface area (Å²) in [6, 6.07) is 8.59. The van der Waals surface area contributed by atoms with Crippen LogP contribution in [0.3, 0.4) is 0 Å². The van der Waals surface area contributed by atoms with E-state index in [9.17, 15) is 0 Å². The van der Waals surface area contributed by atoms with Gasteiger partial charge in [-0.05, 0) is 44.4 Å². The lowest BCUT2D eigenvalue weighted by Gasteiger charge is -2.16. The summed E-state index contributed by atoms with van der Waals surface area (Å²) in [6.07, 6.45) is 2.02. The average Bonchev–Trinajstić information content (AvgIpc) is 2.48. The van der Waals surface area contributed by atoms with Crippen LogP contribution in [0.4, 0.5) is 0 Å². The van der Waals surface area contributed by atoms with Crippen molar-refractivity contribution < 1.29 is 4.74 Å². The fourth-order valence-electron chi connectivity index (χ4n) is 1.74. The first-order valence-corrected chi connectivity index (χ1v) is 7.37. The predicted molar refractivity (Wildman–Crippen MR) is 85.6 cm³/mol. The van der Waals surface area contributed by atoms with Crippen LogP contribution in [0.1, 0.15) is 32.8 Å². The monoisotopic (exact) mass is 277 g/mol. The summed E-state index contributed by atoms with van der Waals surface area (Å²) in [4.78, 5) is 4.60. The van der Waals surface area contributed by atoms with Crippen LogP contribution in [-0.4, -0.2) is 32.2 Å². The van der Waals surface area contributed by atoms with Crippen molar-refractivity contribution in [3.8, 4) is 5.75 Å². The van der Waals surface area contributed by atoms with E-state index >= 15 is 0 Å². The predicted octanol–water partition coefficient (Wildman–Crippen LogP) is 2.59. The number of aliphatic imine (C=N–C) groups is 1. The molecule has 1 aromatic carbocycles. The summed E-state index contributed by atoms with van der Waals surface area (Å²) >= 11 is 0. The number of nitrogens with one attached hydrogen (secondary N) is 2. The SMILES string of the molecule is CCNC(=NCCc1ccc(OC)cc1)NC(C)CC. The number of ether oxygens (including phenoxy) is 1. The molecular weight excluding hydrogens is 250 g/mol. The lowest BCUT2D eigenvalue weighted by molar-refractivity contribution is 0.414. The molecule has 0 aliphatic heterocycles. The summed E-state index contributed by atoms with van der Waals surface area (Å²) in [5, 5.41) is 6.66. The molecule has 0 amide bonds. The maximum Gasteiger partial charge on any atom is 0.191 e. The van der Waals surface area contributed by atoms with Crippen molar-refractivity contribution >= 4 is 5.96 Å². The van der Waals surface area contributed by atoms with Crippen molar-refractivity contribution in [2.24, 2.45) is 4.99 Å². The second-order valence-corrected chi connectivity index (χ2v) is 4.81. The van der Waals surface area contributed by atoms with Gasteiger partial charge in [0, 0.05) is 19.1 Å². The van der Waals surface area contributed by atoms with Gasteiger partial charge in [-0.2, -0.15) is 0 Å². The van der Waals surface area contributed by atoms with Crippen LogP contribution in [0.15, 0.2) is 29.3 Å². The third-order valence-electron chi connectivity index (χ3n) is 3.17. The average molecular weight is 277 g/mol. The van der Waals surface area contributed by atoms with Gasteiger partial charge in [-0.3, -0.25) is 4.99 Å². The molecule has 0 fully saturated rings. The molecule has 112 valence electrons. The number of guanidine groups is 1. The summed E-state index contributed by atoms with van der Waals surface area (Å²) in [7, 11) is 1.68. The van der Waals surface area contributed by atoms with Crippen LogP contribution in [0.2, 0.25) is 0 Å². The second-order valence-electron chi connectivity index (χ2n) is 4.81. The first-order chi connectivity index (χ1) is 9.69. The molecule has 0 heterocycles. The Labute approximate surface area is 122 Å². The minimum Gasteiger partial charge on any atom is -0.497 e. The third kappa shape index (κ3) is 5.95. The molecule has 0 saturated carbocycles. The van der Waals surface area contributed by atoms with E-state index in [0.29, 0.717) is 6.04 Å². The van der Waals surface area contributed by atoms with E-state index in [0.717, 1.165) is 37.6 Å². The van der Waals surface area contributed by atoms with Crippen molar-refractivity contribution in [2.75, 3.05) is 20.2 Å². The molecule has 1 rings (SSSR count). The van der Waals surface area contributed by atoms with Crippen LogP contribution < -0.4 is 15.4 Å². The zero-order valence-corrected chi connectivity index (χ0v) is 13.1. The molecule has 0 aromatic heterocycles. The van der Waals surface area contributed by atoms with Crippen molar-refractivity contribution in [1.82, 2.24) is 10.6 Å². The Morgan fingerprint density at radius 3 is 2.50 bits per heavy atom. The zero-order valence-electron chi connectivity index (χ0n) is 13.1. The van der Waals surface area contributed by atoms with Gasteiger partial charge in [-0.15, -0.1) is 0 Å². The van der Waals surface area contributed by atoms with E-state index in [1.807, 2.05) is 12.1 Å². The van der Waals surface area contributed by atoms with Crippen LogP contribution in [0.5, 0.6) is 5.75 Å². The highest BCUT2D eigenvalue weighted by molar-refractivity contribution is 5.80. The van der Waals surface area contributed by atoms with Gasteiger partial charge in [0.05, 0.1) is 7.11 Å². The number of rotatable bonds is 7. The van der Waals surface area contributed by atoms with Crippen molar-refractivity contribution in [1.29, 1.82) is 0 Å². The first-order valence-electron chi connectivity index (χ1n) is 7.37. The number of hydrogen-bond donors (Lipinski definition) is 2. The molecule has 0 radical (unpaired) electrons. The van der Waals surface area contributed by atoms with Gasteiger partial charge in [-0.1, -0.05) is 19.1 Å². The molecule has 1 atom stereocenters. The van der Waals surface area contributed by atoms with Crippen molar-refractivity contribution in [2.45, 2.75) is 39.7 Å². The quantitative estimate of drug-likeness (QED) is 0.595. The maximum atomic E-state index is 5.15. The first kappa shape index (κ1) is 16.3. The number of hydrogen-bond acceptors (Lipinski definition) is 2. The molecule has 4 heteroatoms. The van der Waals surface area contributed by atoms with Crippen LogP contribution >= 0.6 is 0 Å². The van der Waals surface area contributed by atoms with Gasteiger partial charge in [0.25, 0.3) is 0 Å². The van der Waals surface area contributed by atoms with Crippen molar-refractivity contribution in [3.63, 3.8) is 0 Å². The topological polar surface area (TPSA) is 45.7 Å². The molecule has 4 nitrogen and oxygen atoms in total. The van der Waals surface area contributed by atoms with Gasteiger partial charge >= 0.3 is 0 Å². The van der Waals surface area contributed by atoms with Gasteiger partial charge in [0.2, 0.25) is 0 Å². The fraction of sp³-hybridized carbons (Fsp3) is 0.562. The minimum absolute atomic E-state index is 0.439. The summed E-state index contributed by atoms with van der Waals surface area (Å²) in [5.41, 5.74) is 1.27. The summed E-state index contributed by atoms with van der Waals surface area (Å²) in [5.74, 6) is 1.79. The zero-order chi connectivity index (χ0) is 14.8. The fourth-order valence-corrected chi connectivity index (χ4v) is 1.74. The summed E-state index contributed by atoms with van der Waals surface area (Å²) in [6.45, 7) is 8.06. The molecule has 1 aromatic rings. The van der Waals surface area contributed by atoms with Crippen LogP contribution in [-0.2, 0) is 6.42 Å². The lowest BCUT2D eigenvalue weighted by Crippen LogP contribution is -2.42. The van der Waals surface area contributed by atoms with Gasteiger partial charge in [0.15, 0.2) is 5.96 Å². The molecule has 0 aliphatic rings. The van der Waals surface area contributed by atoms with E-state index < -0.39 is 0 Å². The number of nitrogens with zero attached hydrogens (tertiary/aromatic N) is 1. The Kier molecular flexibility index (Phi) is 7.55. The standard InChI is InChI=1S/C16H27N3O/c1-5-13(3)19-16(17-6-2)18-12-11-14-7-9-15(20-4)10-8-14/h7-10,13H,5-6,11-12H2,1-4H3,(H2,17,18,19). The Hall–Kier alpha value is -1.71. The van der Waals surface area contributed by atoms with Gasteiger partial charge in [0.1, 0.15) is 5.75 Å². The van der Waals surface area contributed by atoms with E-state index in [1.165, 1.54) is 5.56 Å². The van der Waals surface area contributed by atoms with Crippen LogP contribution in [0.25, 0.3) is 0 Å². The number of benzene rings is 1. The third-order valence-corrected chi connectivity index (χ3v) is 3.17. The van der Waals surface area contributed by atoms with E-state index in [1.54, 1.807) is 7.11 Å². The van der Waals surface area contributed by atoms with Crippen molar-refractivity contribution in [3.05, 3.63) is 29.8 Å². The molecule has 1 unspecified atom stereocenters. The smallest absolute Gasteiger partial charge is 0.191 e. The molecule has 20 heavy (non-hydrogen) atoms. The molecular formula is C16H27N3O. The van der Waals surface area contributed by atoms with Gasteiger partial charge < -0.3 is 15.4 Å². The molecule has 0 saturated heterocycles. The maximum absolute atomic E-state index is 5.15. The van der Waals surface area contributed by atoms with E-state index in [2.05, 4.69) is 48.5 Å². The normalized spacial score (nSPS) is 12.9. The Morgan fingerprint density at radius 1 is 1.25 bits per heavy atom. The van der Waals surface area contributed by atoms with E-state index in [4.69, 9.17) is 4.74 Å². The largest absolute Gasteiger partial charge is 0.497 e. The molecule has 0 spiro atoms. The highest BCUT2D eigenvalue weighted by atomic mass is 16.5. The highest BCUT2D eigenvalue weighted by Crippen LogP contribution is 2.11.